The molecule has 1 unspecified atom stereocenters. The van der Waals surface area contributed by atoms with Crippen LogP contribution < -0.4 is 9.64 Å². The highest BCUT2D eigenvalue weighted by atomic mass is 32.2. The van der Waals surface area contributed by atoms with E-state index in [0.29, 0.717) is 36.1 Å². The number of thiazole rings is 1. The molecule has 1 amide bonds. The molecular weight excluding hydrogens is 508 g/mol. The number of hydrogen-bond donors (Lipinski definition) is 0. The predicted octanol–water partition coefficient (Wildman–Crippen LogP) is 4.77. The molecule has 2 aromatic carbocycles. The Morgan fingerprint density at radius 1 is 1.14 bits per heavy atom. The number of ether oxygens (including phenoxy) is 1. The predicted molar refractivity (Wildman–Crippen MR) is 149 cm³/mol. The van der Waals surface area contributed by atoms with Gasteiger partial charge in [0.25, 0.3) is 5.91 Å². The van der Waals surface area contributed by atoms with Crippen LogP contribution in [0.1, 0.15) is 48.5 Å². The van der Waals surface area contributed by atoms with Gasteiger partial charge in [-0.05, 0) is 76.2 Å². The number of piperidine rings is 1. The summed E-state index contributed by atoms with van der Waals surface area (Å²) >= 11 is 1.46. The minimum absolute atomic E-state index is 0.0288. The number of benzene rings is 2. The lowest BCUT2D eigenvalue weighted by Crippen LogP contribution is -2.43. The van der Waals surface area contributed by atoms with Crippen molar-refractivity contribution in [1.82, 2.24) is 14.2 Å². The molecule has 3 aromatic rings. The van der Waals surface area contributed by atoms with Crippen molar-refractivity contribution in [1.29, 1.82) is 0 Å². The minimum Gasteiger partial charge on any atom is -0.494 e. The summed E-state index contributed by atoms with van der Waals surface area (Å²) in [7, 11) is 1.91. The first-order valence-electron chi connectivity index (χ1n) is 12.7. The van der Waals surface area contributed by atoms with Gasteiger partial charge in [-0.1, -0.05) is 30.7 Å². The molecule has 8 nitrogen and oxygen atoms in total. The number of hydrogen-bond acceptors (Lipinski definition) is 7. The minimum atomic E-state index is -3.61. The molecule has 0 saturated carbocycles. The van der Waals surface area contributed by atoms with E-state index in [0.717, 1.165) is 41.5 Å². The van der Waals surface area contributed by atoms with Crippen LogP contribution in [0.4, 0.5) is 5.13 Å². The van der Waals surface area contributed by atoms with E-state index in [4.69, 9.17) is 9.72 Å². The van der Waals surface area contributed by atoms with Crippen molar-refractivity contribution in [2.75, 3.05) is 45.7 Å². The Morgan fingerprint density at radius 3 is 2.51 bits per heavy atom. The number of likely N-dealkylation sites (N-methyl/N-ethyl adjacent to an activating group) is 1. The molecule has 1 aliphatic heterocycles. The van der Waals surface area contributed by atoms with Gasteiger partial charge in [0.15, 0.2) is 5.13 Å². The van der Waals surface area contributed by atoms with Gasteiger partial charge in [-0.25, -0.2) is 13.4 Å². The van der Waals surface area contributed by atoms with Crippen molar-refractivity contribution in [2.24, 2.45) is 0 Å². The summed E-state index contributed by atoms with van der Waals surface area (Å²) < 4.78 is 34.8. The van der Waals surface area contributed by atoms with Gasteiger partial charge in [-0.3, -0.25) is 9.69 Å². The molecule has 1 aromatic heterocycles. The monoisotopic (exact) mass is 544 g/mol. The standard InChI is InChI=1S/C27H36N4O4S2/c1-6-21-9-7-8-16-31(21)37(33,34)22-13-11-20(12-14-22)26(32)30(18-17-29(3)4)27-28-24-23(35-5)15-10-19(2)25(24)36-27/h10-15,21H,6-9,16-18H2,1-5H3. The van der Waals surface area contributed by atoms with E-state index >= 15 is 0 Å². The highest BCUT2D eigenvalue weighted by Gasteiger charge is 2.32. The molecule has 0 spiro atoms. The number of aryl methyl sites for hydroxylation is 1. The van der Waals surface area contributed by atoms with E-state index in [1.165, 1.54) is 11.3 Å². The van der Waals surface area contributed by atoms with Crippen LogP contribution in [-0.2, 0) is 10.0 Å². The van der Waals surface area contributed by atoms with E-state index in [2.05, 4.69) is 0 Å². The van der Waals surface area contributed by atoms with Gasteiger partial charge in [0.05, 0.1) is 16.7 Å². The Hall–Kier alpha value is -2.53. The second kappa shape index (κ2) is 11.5. The molecule has 0 radical (unpaired) electrons. The maximum Gasteiger partial charge on any atom is 0.260 e. The van der Waals surface area contributed by atoms with Crippen LogP contribution in [0.5, 0.6) is 5.75 Å². The maximum absolute atomic E-state index is 13.7. The summed E-state index contributed by atoms with van der Waals surface area (Å²) in [6.07, 6.45) is 3.61. The molecule has 10 heteroatoms. The Balaban J connectivity index is 1.66. The fourth-order valence-corrected chi connectivity index (χ4v) is 7.56. The summed E-state index contributed by atoms with van der Waals surface area (Å²) in [5.74, 6) is 0.451. The Kier molecular flexibility index (Phi) is 8.52. The Morgan fingerprint density at radius 2 is 1.86 bits per heavy atom. The number of nitrogens with zero attached hydrogens (tertiary/aromatic N) is 4. The number of amides is 1. The summed E-state index contributed by atoms with van der Waals surface area (Å²) in [6.45, 7) is 5.68. The number of rotatable bonds is 9. The largest absolute Gasteiger partial charge is 0.494 e. The smallest absolute Gasteiger partial charge is 0.260 e. The highest BCUT2D eigenvalue weighted by molar-refractivity contribution is 7.89. The van der Waals surface area contributed by atoms with Crippen molar-refractivity contribution >= 4 is 42.6 Å². The van der Waals surface area contributed by atoms with Crippen molar-refractivity contribution in [3.8, 4) is 5.75 Å². The summed E-state index contributed by atoms with van der Waals surface area (Å²) in [5, 5.41) is 0.588. The van der Waals surface area contributed by atoms with Crippen LogP contribution in [0.15, 0.2) is 41.3 Å². The van der Waals surface area contributed by atoms with E-state index in [1.807, 2.05) is 45.0 Å². The molecule has 4 rings (SSSR count). The van der Waals surface area contributed by atoms with Gasteiger partial charge in [-0.2, -0.15) is 4.31 Å². The van der Waals surface area contributed by atoms with Gasteiger partial charge in [0.1, 0.15) is 11.3 Å². The first kappa shape index (κ1) is 27.5. The molecular formula is C27H36N4O4S2. The summed E-state index contributed by atoms with van der Waals surface area (Å²) in [4.78, 5) is 22.4. The molecule has 2 heterocycles. The van der Waals surface area contributed by atoms with Crippen molar-refractivity contribution in [2.45, 2.75) is 50.5 Å². The maximum atomic E-state index is 13.7. The van der Waals surface area contributed by atoms with E-state index < -0.39 is 10.0 Å². The highest BCUT2D eigenvalue weighted by Crippen LogP contribution is 2.37. The number of methoxy groups -OCH3 is 1. The lowest BCUT2D eigenvalue weighted by Gasteiger charge is -2.34. The van der Waals surface area contributed by atoms with Crippen molar-refractivity contribution in [3.63, 3.8) is 0 Å². The third-order valence-corrected chi connectivity index (χ3v) is 10.1. The fraction of sp³-hybridized carbons (Fsp3) is 0.481. The number of carbonyl (C=O) groups excluding carboxylic acids is 1. The Labute approximate surface area is 223 Å². The molecule has 1 aliphatic rings. The number of carbonyl (C=O) groups is 1. The van der Waals surface area contributed by atoms with E-state index in [9.17, 15) is 13.2 Å². The Bertz CT molecular complexity index is 1350. The molecule has 200 valence electrons. The second-order valence-electron chi connectivity index (χ2n) is 9.72. The first-order chi connectivity index (χ1) is 17.7. The van der Waals surface area contributed by atoms with Gasteiger partial charge < -0.3 is 9.64 Å². The SMILES string of the molecule is CCC1CCCCN1S(=O)(=O)c1ccc(C(=O)N(CCN(C)C)c2nc3c(OC)ccc(C)c3s2)cc1. The number of aromatic nitrogens is 1. The van der Waals surface area contributed by atoms with Gasteiger partial charge in [-0.15, -0.1) is 0 Å². The van der Waals surface area contributed by atoms with Gasteiger partial charge >= 0.3 is 0 Å². The van der Waals surface area contributed by atoms with E-state index in [-0.39, 0.29) is 16.8 Å². The molecule has 0 N–H and O–H groups in total. The zero-order valence-electron chi connectivity index (χ0n) is 22.2. The van der Waals surface area contributed by atoms with Gasteiger partial charge in [0, 0.05) is 31.2 Å². The summed E-state index contributed by atoms with van der Waals surface area (Å²) in [6, 6.07) is 10.2. The van der Waals surface area contributed by atoms with Crippen LogP contribution in [0.25, 0.3) is 10.2 Å². The molecule has 0 aliphatic carbocycles. The van der Waals surface area contributed by atoms with Crippen LogP contribution in [-0.4, -0.2) is 75.4 Å². The number of anilines is 1. The van der Waals surface area contributed by atoms with E-state index in [1.54, 1.807) is 40.6 Å². The van der Waals surface area contributed by atoms with Crippen LogP contribution in [0.2, 0.25) is 0 Å². The third kappa shape index (κ3) is 5.67. The topological polar surface area (TPSA) is 83.1 Å². The van der Waals surface area contributed by atoms with Crippen molar-refractivity contribution in [3.05, 3.63) is 47.5 Å². The first-order valence-corrected chi connectivity index (χ1v) is 15.0. The average Bonchev–Trinajstić information content (AvgIpc) is 3.35. The zero-order valence-corrected chi connectivity index (χ0v) is 23.9. The molecule has 37 heavy (non-hydrogen) atoms. The van der Waals surface area contributed by atoms with Crippen LogP contribution in [0.3, 0.4) is 0 Å². The second-order valence-corrected chi connectivity index (χ2v) is 12.6. The number of sulfonamides is 1. The van der Waals surface area contributed by atoms with Gasteiger partial charge in [0.2, 0.25) is 10.0 Å². The molecule has 1 atom stereocenters. The molecule has 1 fully saturated rings. The lowest BCUT2D eigenvalue weighted by atomic mass is 10.0. The summed E-state index contributed by atoms with van der Waals surface area (Å²) in [5.41, 5.74) is 2.22. The van der Waals surface area contributed by atoms with Crippen molar-refractivity contribution < 1.29 is 17.9 Å². The average molecular weight is 545 g/mol. The molecule has 0 bridgehead atoms. The number of fused-ring (bicyclic) bond motifs is 1. The third-order valence-electron chi connectivity index (χ3n) is 6.91. The normalized spacial score (nSPS) is 16.9. The molecule has 1 saturated heterocycles. The fourth-order valence-electron chi connectivity index (χ4n) is 4.72. The van der Waals surface area contributed by atoms with Crippen LogP contribution in [0, 0.1) is 6.92 Å². The zero-order chi connectivity index (χ0) is 26.7. The lowest BCUT2D eigenvalue weighted by molar-refractivity contribution is 0.0985. The van der Waals surface area contributed by atoms with Crippen LogP contribution >= 0.6 is 11.3 Å². The quantitative estimate of drug-likeness (QED) is 0.386.